The van der Waals surface area contributed by atoms with Crippen molar-refractivity contribution in [3.05, 3.63) is 59.1 Å². The number of rotatable bonds is 4. The van der Waals surface area contributed by atoms with E-state index < -0.39 is 10.0 Å². The van der Waals surface area contributed by atoms with Crippen molar-refractivity contribution in [1.29, 1.82) is 0 Å². The smallest absolute Gasteiger partial charge is 0.243 e. The molecule has 0 N–H and O–H groups in total. The third-order valence-corrected chi connectivity index (χ3v) is 6.67. The van der Waals surface area contributed by atoms with Gasteiger partial charge in [0, 0.05) is 30.7 Å². The van der Waals surface area contributed by atoms with E-state index in [-0.39, 0.29) is 10.9 Å². The van der Waals surface area contributed by atoms with Gasteiger partial charge in [-0.25, -0.2) is 8.42 Å². The van der Waals surface area contributed by atoms with Crippen LogP contribution >= 0.6 is 11.6 Å². The summed E-state index contributed by atoms with van der Waals surface area (Å²) in [5.41, 5.74) is 1.04. The number of likely N-dealkylation sites (N-methyl/N-ethyl adjacent to an activating group) is 1. The first-order chi connectivity index (χ1) is 11.9. The van der Waals surface area contributed by atoms with Gasteiger partial charge in [0.05, 0.1) is 12.0 Å². The second kappa shape index (κ2) is 7.33. The molecule has 3 rings (SSSR count). The standard InChI is InChI=1S/C18H21ClN2O3S/c1-20-10-11-21(25(22,23)17-8-6-15(19)7-9-17)13-18(20)14-4-3-5-16(12-14)24-2/h3-9,12,18H,10-11,13H2,1-2H3. The molecule has 0 saturated carbocycles. The van der Waals surface area contributed by atoms with Crippen LogP contribution in [0.1, 0.15) is 11.6 Å². The lowest BCUT2D eigenvalue weighted by atomic mass is 10.0. The van der Waals surface area contributed by atoms with E-state index in [1.807, 2.05) is 31.3 Å². The number of hydrogen-bond acceptors (Lipinski definition) is 4. The van der Waals surface area contributed by atoms with Gasteiger partial charge in [-0.1, -0.05) is 23.7 Å². The Hall–Kier alpha value is -1.60. The minimum Gasteiger partial charge on any atom is -0.497 e. The number of ether oxygens (including phenoxy) is 1. The lowest BCUT2D eigenvalue weighted by Gasteiger charge is -2.39. The van der Waals surface area contributed by atoms with E-state index >= 15 is 0 Å². The summed E-state index contributed by atoms with van der Waals surface area (Å²) in [5.74, 6) is 0.767. The number of methoxy groups -OCH3 is 1. The largest absolute Gasteiger partial charge is 0.497 e. The highest BCUT2D eigenvalue weighted by atomic mass is 35.5. The van der Waals surface area contributed by atoms with Crippen molar-refractivity contribution < 1.29 is 13.2 Å². The third-order valence-electron chi connectivity index (χ3n) is 4.54. The minimum atomic E-state index is -3.54. The summed E-state index contributed by atoms with van der Waals surface area (Å²) >= 11 is 5.87. The Morgan fingerprint density at radius 3 is 2.52 bits per heavy atom. The Labute approximate surface area is 153 Å². The van der Waals surface area contributed by atoms with Gasteiger partial charge in [0.1, 0.15) is 5.75 Å². The molecule has 1 heterocycles. The Bertz CT molecular complexity index is 840. The normalized spacial score (nSPS) is 19.7. The van der Waals surface area contributed by atoms with Crippen molar-refractivity contribution in [1.82, 2.24) is 9.21 Å². The zero-order valence-corrected chi connectivity index (χ0v) is 15.8. The van der Waals surface area contributed by atoms with Gasteiger partial charge in [0.2, 0.25) is 10.0 Å². The summed E-state index contributed by atoms with van der Waals surface area (Å²) in [6, 6.07) is 14.1. The van der Waals surface area contributed by atoms with Crippen molar-refractivity contribution in [3.63, 3.8) is 0 Å². The Kier molecular flexibility index (Phi) is 5.34. The highest BCUT2D eigenvalue weighted by Gasteiger charge is 2.33. The predicted octanol–water partition coefficient (Wildman–Crippen LogP) is 3.03. The van der Waals surface area contributed by atoms with Crippen LogP contribution in [0.15, 0.2) is 53.4 Å². The summed E-state index contributed by atoms with van der Waals surface area (Å²) in [6.07, 6.45) is 0. The van der Waals surface area contributed by atoms with Crippen LogP contribution in [-0.4, -0.2) is 51.4 Å². The molecule has 1 saturated heterocycles. The fourth-order valence-electron chi connectivity index (χ4n) is 3.03. The summed E-state index contributed by atoms with van der Waals surface area (Å²) < 4.78 is 32.7. The van der Waals surface area contributed by atoms with Gasteiger partial charge in [0.25, 0.3) is 0 Å². The fourth-order valence-corrected chi connectivity index (χ4v) is 4.59. The molecule has 0 bridgehead atoms. The van der Waals surface area contributed by atoms with Crippen LogP contribution in [0, 0.1) is 0 Å². The second-order valence-electron chi connectivity index (χ2n) is 6.09. The molecule has 5 nitrogen and oxygen atoms in total. The predicted molar refractivity (Wildman–Crippen MR) is 98.6 cm³/mol. The summed E-state index contributed by atoms with van der Waals surface area (Å²) in [7, 11) is 0.0943. The summed E-state index contributed by atoms with van der Waals surface area (Å²) in [5, 5.41) is 0.520. The molecule has 7 heteroatoms. The van der Waals surface area contributed by atoms with E-state index in [1.165, 1.54) is 0 Å². The van der Waals surface area contributed by atoms with E-state index in [0.717, 1.165) is 11.3 Å². The molecule has 1 aliphatic rings. The maximum atomic E-state index is 12.9. The van der Waals surface area contributed by atoms with E-state index in [9.17, 15) is 8.42 Å². The molecular weight excluding hydrogens is 360 g/mol. The maximum Gasteiger partial charge on any atom is 0.243 e. The maximum absolute atomic E-state index is 12.9. The number of halogens is 1. The van der Waals surface area contributed by atoms with Gasteiger partial charge >= 0.3 is 0 Å². The average Bonchev–Trinajstić information content (AvgIpc) is 2.62. The molecule has 0 aliphatic carbocycles. The molecular formula is C18H21ClN2O3S. The highest BCUT2D eigenvalue weighted by Crippen LogP contribution is 2.29. The molecule has 134 valence electrons. The van der Waals surface area contributed by atoms with E-state index in [0.29, 0.717) is 24.7 Å². The topological polar surface area (TPSA) is 49.9 Å². The van der Waals surface area contributed by atoms with Gasteiger partial charge in [0.15, 0.2) is 0 Å². The first-order valence-electron chi connectivity index (χ1n) is 8.02. The monoisotopic (exact) mass is 380 g/mol. The Morgan fingerprint density at radius 1 is 1.12 bits per heavy atom. The molecule has 2 aromatic carbocycles. The minimum absolute atomic E-state index is 0.0223. The van der Waals surface area contributed by atoms with Crippen molar-refractivity contribution in [2.75, 3.05) is 33.8 Å². The van der Waals surface area contributed by atoms with Crippen LogP contribution in [0.5, 0.6) is 5.75 Å². The molecule has 25 heavy (non-hydrogen) atoms. The van der Waals surface area contributed by atoms with Crippen LogP contribution in [0.4, 0.5) is 0 Å². The number of sulfonamides is 1. The lowest BCUT2D eigenvalue weighted by molar-refractivity contribution is 0.148. The van der Waals surface area contributed by atoms with Crippen molar-refractivity contribution in [2.24, 2.45) is 0 Å². The first kappa shape index (κ1) is 18.2. The first-order valence-corrected chi connectivity index (χ1v) is 9.83. The molecule has 0 spiro atoms. The van der Waals surface area contributed by atoms with Crippen molar-refractivity contribution >= 4 is 21.6 Å². The molecule has 0 radical (unpaired) electrons. The van der Waals surface area contributed by atoms with Crippen molar-refractivity contribution in [3.8, 4) is 5.75 Å². The molecule has 0 aromatic heterocycles. The molecule has 2 aromatic rings. The SMILES string of the molecule is COc1cccc(C2CN(S(=O)(=O)c3ccc(Cl)cc3)CCN2C)c1. The zero-order valence-electron chi connectivity index (χ0n) is 14.2. The Balaban J connectivity index is 1.88. The van der Waals surface area contributed by atoms with Crippen LogP contribution < -0.4 is 4.74 Å². The van der Waals surface area contributed by atoms with Crippen molar-refractivity contribution in [2.45, 2.75) is 10.9 Å². The number of nitrogens with zero attached hydrogens (tertiary/aromatic N) is 2. The van der Waals surface area contributed by atoms with Crippen LogP contribution in [0.3, 0.4) is 0 Å². The van der Waals surface area contributed by atoms with Gasteiger partial charge in [-0.05, 0) is 49.0 Å². The molecule has 1 aliphatic heterocycles. The molecule has 1 atom stereocenters. The van der Waals surface area contributed by atoms with Gasteiger partial charge in [-0.15, -0.1) is 0 Å². The number of hydrogen-bond donors (Lipinski definition) is 0. The fraction of sp³-hybridized carbons (Fsp3) is 0.333. The van der Waals surface area contributed by atoms with Gasteiger partial charge in [-0.3, -0.25) is 4.90 Å². The average molecular weight is 381 g/mol. The van der Waals surface area contributed by atoms with Gasteiger partial charge < -0.3 is 4.74 Å². The zero-order chi connectivity index (χ0) is 18.0. The van der Waals surface area contributed by atoms with Crippen LogP contribution in [0.2, 0.25) is 5.02 Å². The molecule has 0 amide bonds. The van der Waals surface area contributed by atoms with E-state index in [4.69, 9.17) is 16.3 Å². The quantitative estimate of drug-likeness (QED) is 0.818. The number of piperazine rings is 1. The summed E-state index contributed by atoms with van der Waals surface area (Å²) in [6.45, 7) is 1.52. The Morgan fingerprint density at radius 2 is 1.84 bits per heavy atom. The van der Waals surface area contributed by atoms with Gasteiger partial charge in [-0.2, -0.15) is 4.31 Å². The van der Waals surface area contributed by atoms with Crippen LogP contribution in [-0.2, 0) is 10.0 Å². The summed E-state index contributed by atoms with van der Waals surface area (Å²) in [4.78, 5) is 2.44. The van der Waals surface area contributed by atoms with E-state index in [1.54, 1.807) is 35.7 Å². The number of benzene rings is 2. The second-order valence-corrected chi connectivity index (χ2v) is 8.46. The lowest BCUT2D eigenvalue weighted by Crippen LogP contribution is -2.48. The van der Waals surface area contributed by atoms with Crippen LogP contribution in [0.25, 0.3) is 0 Å². The molecule has 1 unspecified atom stereocenters. The highest BCUT2D eigenvalue weighted by molar-refractivity contribution is 7.89. The third kappa shape index (κ3) is 3.82. The van der Waals surface area contributed by atoms with E-state index in [2.05, 4.69) is 4.90 Å². The molecule has 1 fully saturated rings.